The van der Waals surface area contributed by atoms with Crippen molar-refractivity contribution in [1.82, 2.24) is 9.06 Å². The molecule has 0 fully saturated rings. The van der Waals surface area contributed by atoms with E-state index in [1.54, 1.807) is 60.7 Å². The molecular weight excluding hydrogens is 299 g/mol. The third-order valence-electron chi connectivity index (χ3n) is 2.58. The molecule has 2 amide bonds. The Bertz CT molecular complexity index is 552. The van der Waals surface area contributed by atoms with Gasteiger partial charge >= 0.3 is 0 Å². The van der Waals surface area contributed by atoms with E-state index < -0.39 is 11.8 Å². The first-order valence-corrected chi connectivity index (χ1v) is 6.39. The normalized spacial score (nSPS) is 10.3. The van der Waals surface area contributed by atoms with Gasteiger partial charge in [-0.15, -0.1) is 0 Å². The van der Waals surface area contributed by atoms with Gasteiger partial charge in [-0.1, -0.05) is 36.4 Å². The summed E-state index contributed by atoms with van der Waals surface area (Å²) in [5.74, 6) is -1.21. The van der Waals surface area contributed by atoms with Gasteiger partial charge in [-0.3, -0.25) is 9.59 Å². The highest BCUT2D eigenvalue weighted by Gasteiger charge is 2.28. The molecule has 0 bridgehead atoms. The first-order valence-electron chi connectivity index (χ1n) is 5.71. The van der Waals surface area contributed by atoms with Crippen molar-refractivity contribution in [3.63, 3.8) is 0 Å². The Kier molecular flexibility index (Phi) is 4.74. The van der Waals surface area contributed by atoms with Gasteiger partial charge in [0.25, 0.3) is 11.8 Å². The maximum Gasteiger partial charge on any atom is 0.277 e. The summed E-state index contributed by atoms with van der Waals surface area (Å²) < 4.78 is 0.435. The molecule has 0 saturated heterocycles. The lowest BCUT2D eigenvalue weighted by molar-refractivity contribution is 0.0455. The summed E-state index contributed by atoms with van der Waals surface area (Å²) in [5.41, 5.74) is 0.617. The molecule has 0 heterocycles. The second-order valence-electron chi connectivity index (χ2n) is 3.87. The van der Waals surface area contributed by atoms with E-state index in [2.05, 4.69) is 0 Å². The molecule has 102 valence electrons. The van der Waals surface area contributed by atoms with Gasteiger partial charge in [0, 0.05) is 34.7 Å². The molecule has 0 unspecified atom stereocenters. The maximum absolute atomic E-state index is 12.3. The number of amides is 2. The first-order chi connectivity index (χ1) is 9.61. The highest BCUT2D eigenvalue weighted by molar-refractivity contribution is 6.35. The molecule has 0 atom stereocenters. The molecule has 0 radical (unpaired) electrons. The second-order valence-corrected chi connectivity index (χ2v) is 4.68. The predicted octanol–water partition coefficient (Wildman–Crippen LogP) is 3.49. The van der Waals surface area contributed by atoms with Crippen LogP contribution in [0.2, 0.25) is 0 Å². The Labute approximate surface area is 126 Å². The number of hydrazine groups is 1. The molecule has 0 N–H and O–H groups in total. The SMILES string of the molecule is O=C(c1ccccc1)N(C(=O)c1ccccc1)N(Cl)Cl. The Morgan fingerprint density at radius 2 is 1.05 bits per heavy atom. The number of halogens is 2. The standard InChI is InChI=1S/C14H10Cl2N2O2/c15-18(16)17(13(19)11-7-3-1-4-8-11)14(20)12-9-5-2-6-10-12/h1-10H. The Morgan fingerprint density at radius 3 is 1.35 bits per heavy atom. The van der Waals surface area contributed by atoms with Crippen LogP contribution in [0, 0.1) is 0 Å². The largest absolute Gasteiger partial charge is 0.277 e. The molecule has 2 aromatic rings. The number of carbonyl (C=O) groups is 2. The van der Waals surface area contributed by atoms with Gasteiger partial charge in [-0.2, -0.15) is 5.01 Å². The topological polar surface area (TPSA) is 40.6 Å². The summed E-state index contributed by atoms with van der Waals surface area (Å²) in [6.07, 6.45) is 0. The van der Waals surface area contributed by atoms with E-state index in [1.807, 2.05) is 0 Å². The predicted molar refractivity (Wildman–Crippen MR) is 76.9 cm³/mol. The lowest BCUT2D eigenvalue weighted by Gasteiger charge is -2.22. The van der Waals surface area contributed by atoms with Crippen LogP contribution in [-0.4, -0.2) is 20.9 Å². The number of nitrogens with zero attached hydrogens (tertiary/aromatic N) is 2. The van der Waals surface area contributed by atoms with E-state index >= 15 is 0 Å². The summed E-state index contributed by atoms with van der Waals surface area (Å²) >= 11 is 11.2. The quantitative estimate of drug-likeness (QED) is 0.495. The molecule has 2 aromatic carbocycles. The minimum Gasteiger partial charge on any atom is -0.267 e. The fraction of sp³-hybridized carbons (Fsp3) is 0. The van der Waals surface area contributed by atoms with E-state index in [9.17, 15) is 9.59 Å². The summed E-state index contributed by atoms with van der Waals surface area (Å²) in [7, 11) is 0. The summed E-state index contributed by atoms with van der Waals surface area (Å²) in [6.45, 7) is 0. The molecule has 4 nitrogen and oxygen atoms in total. The smallest absolute Gasteiger partial charge is 0.267 e. The van der Waals surface area contributed by atoms with Gasteiger partial charge in [-0.25, -0.2) is 0 Å². The van der Waals surface area contributed by atoms with Crippen LogP contribution in [-0.2, 0) is 0 Å². The van der Waals surface area contributed by atoms with Gasteiger partial charge in [0.1, 0.15) is 0 Å². The molecule has 0 aliphatic carbocycles. The van der Waals surface area contributed by atoms with Gasteiger partial charge < -0.3 is 0 Å². The number of carbonyl (C=O) groups excluding carboxylic acids is 2. The summed E-state index contributed by atoms with van der Waals surface area (Å²) in [5, 5.41) is 0.660. The molecule has 20 heavy (non-hydrogen) atoms. The van der Waals surface area contributed by atoms with Crippen LogP contribution in [0.4, 0.5) is 0 Å². The van der Waals surface area contributed by atoms with Gasteiger partial charge in [0.05, 0.1) is 0 Å². The van der Waals surface area contributed by atoms with Crippen molar-refractivity contribution in [3.8, 4) is 0 Å². The minimum atomic E-state index is -0.607. The monoisotopic (exact) mass is 308 g/mol. The molecule has 2 rings (SSSR count). The van der Waals surface area contributed by atoms with Crippen LogP contribution in [0.25, 0.3) is 0 Å². The average Bonchev–Trinajstić information content (AvgIpc) is 2.48. The van der Waals surface area contributed by atoms with Crippen molar-refractivity contribution in [2.75, 3.05) is 0 Å². The van der Waals surface area contributed by atoms with Crippen molar-refractivity contribution in [2.24, 2.45) is 0 Å². The second kappa shape index (κ2) is 6.52. The van der Waals surface area contributed by atoms with Crippen molar-refractivity contribution < 1.29 is 9.59 Å². The minimum absolute atomic E-state index is 0.308. The molecule has 0 spiro atoms. The number of hydrogen-bond donors (Lipinski definition) is 0. The maximum atomic E-state index is 12.3. The number of rotatable bonds is 3. The van der Waals surface area contributed by atoms with Crippen LogP contribution in [0.1, 0.15) is 20.7 Å². The van der Waals surface area contributed by atoms with Crippen LogP contribution < -0.4 is 0 Å². The molecule has 6 heteroatoms. The summed E-state index contributed by atoms with van der Waals surface area (Å²) in [6, 6.07) is 16.6. The molecule has 0 aliphatic rings. The van der Waals surface area contributed by atoms with Crippen molar-refractivity contribution in [1.29, 1.82) is 0 Å². The van der Waals surface area contributed by atoms with E-state index in [0.717, 1.165) is 0 Å². The summed E-state index contributed by atoms with van der Waals surface area (Å²) in [4.78, 5) is 24.6. The number of hydrogen-bond acceptors (Lipinski definition) is 3. The third kappa shape index (κ3) is 3.17. The number of benzene rings is 2. The fourth-order valence-electron chi connectivity index (χ4n) is 1.64. The zero-order chi connectivity index (χ0) is 14.5. The molecule has 0 aromatic heterocycles. The molecular formula is C14H10Cl2N2O2. The zero-order valence-electron chi connectivity index (χ0n) is 10.2. The van der Waals surface area contributed by atoms with Crippen molar-refractivity contribution >= 4 is 35.4 Å². The van der Waals surface area contributed by atoms with Crippen LogP contribution in [0.3, 0.4) is 0 Å². The number of imide groups is 1. The Morgan fingerprint density at radius 1 is 0.700 bits per heavy atom. The zero-order valence-corrected chi connectivity index (χ0v) is 11.8. The average molecular weight is 309 g/mol. The Balaban J connectivity index is 2.33. The lowest BCUT2D eigenvalue weighted by Crippen LogP contribution is -2.41. The highest BCUT2D eigenvalue weighted by Crippen LogP contribution is 2.16. The first kappa shape index (κ1) is 14.5. The Hall–Kier alpha value is -1.88. The molecule has 0 aliphatic heterocycles. The van der Waals surface area contributed by atoms with Crippen LogP contribution in [0.5, 0.6) is 0 Å². The van der Waals surface area contributed by atoms with Crippen molar-refractivity contribution in [3.05, 3.63) is 71.8 Å². The fourth-order valence-corrected chi connectivity index (χ4v) is 1.91. The van der Waals surface area contributed by atoms with Crippen molar-refractivity contribution in [2.45, 2.75) is 0 Å². The van der Waals surface area contributed by atoms with Gasteiger partial charge in [-0.05, 0) is 28.3 Å². The third-order valence-corrected chi connectivity index (χ3v) is 2.88. The van der Waals surface area contributed by atoms with E-state index in [-0.39, 0.29) is 0 Å². The molecule has 0 saturated carbocycles. The van der Waals surface area contributed by atoms with Gasteiger partial charge in [0.2, 0.25) is 0 Å². The lowest BCUT2D eigenvalue weighted by atomic mass is 10.2. The van der Waals surface area contributed by atoms with Crippen LogP contribution in [0.15, 0.2) is 60.7 Å². The van der Waals surface area contributed by atoms with E-state index in [1.165, 1.54) is 0 Å². The van der Waals surface area contributed by atoms with E-state index in [4.69, 9.17) is 23.6 Å². The van der Waals surface area contributed by atoms with Gasteiger partial charge in [0.15, 0.2) is 0 Å². The highest BCUT2D eigenvalue weighted by atomic mass is 35.5. The van der Waals surface area contributed by atoms with Crippen LogP contribution >= 0.6 is 23.6 Å². The van der Waals surface area contributed by atoms with E-state index in [0.29, 0.717) is 20.2 Å².